The van der Waals surface area contributed by atoms with Gasteiger partial charge in [-0.05, 0) is 56.2 Å². The van der Waals surface area contributed by atoms with Gasteiger partial charge in [0, 0.05) is 28.4 Å². The number of nitrogens with one attached hydrogen (secondary N) is 1. The predicted octanol–water partition coefficient (Wildman–Crippen LogP) is 4.39. The molecule has 0 radical (unpaired) electrons. The zero-order valence-corrected chi connectivity index (χ0v) is 15.4. The molecule has 1 N–H and O–H groups in total. The van der Waals surface area contributed by atoms with Gasteiger partial charge in [-0.2, -0.15) is 0 Å². The van der Waals surface area contributed by atoms with Gasteiger partial charge in [-0.15, -0.1) is 11.3 Å². The lowest BCUT2D eigenvalue weighted by molar-refractivity contribution is 0.102. The average molecular weight is 353 g/mol. The largest absolute Gasteiger partial charge is 0.497 e. The van der Waals surface area contributed by atoms with E-state index >= 15 is 0 Å². The molecule has 0 saturated carbocycles. The maximum Gasteiger partial charge on any atom is 0.257 e. The molecule has 0 unspecified atom stereocenters. The van der Waals surface area contributed by atoms with E-state index in [1.165, 1.54) is 11.3 Å². The molecular weight excluding hydrogens is 334 g/mol. The van der Waals surface area contributed by atoms with Crippen molar-refractivity contribution in [1.82, 2.24) is 9.97 Å². The van der Waals surface area contributed by atoms with Gasteiger partial charge in [0.05, 0.1) is 12.8 Å². The number of pyridine rings is 1. The second kappa shape index (κ2) is 7.03. The Balaban J connectivity index is 1.85. The van der Waals surface area contributed by atoms with Gasteiger partial charge in [-0.3, -0.25) is 15.1 Å². The summed E-state index contributed by atoms with van der Waals surface area (Å²) in [7, 11) is 1.66. The molecule has 0 bridgehead atoms. The van der Waals surface area contributed by atoms with Crippen LogP contribution in [0.25, 0.3) is 11.3 Å². The van der Waals surface area contributed by atoms with Crippen LogP contribution >= 0.6 is 11.3 Å². The number of rotatable bonds is 4. The summed E-state index contributed by atoms with van der Waals surface area (Å²) in [6.45, 7) is 5.91. The highest BCUT2D eigenvalue weighted by Crippen LogP contribution is 2.33. The highest BCUT2D eigenvalue weighted by atomic mass is 32.1. The fraction of sp³-hybridized carbons (Fsp3) is 0.211. The average Bonchev–Trinajstić information content (AvgIpc) is 3.02. The quantitative estimate of drug-likeness (QED) is 0.755. The van der Waals surface area contributed by atoms with E-state index in [2.05, 4.69) is 15.3 Å². The molecular formula is C19H19N3O2S. The summed E-state index contributed by atoms with van der Waals surface area (Å²) < 4.78 is 5.30. The number of thiazole rings is 1. The number of ether oxygens (including phenoxy) is 1. The maximum atomic E-state index is 12.3. The fourth-order valence-corrected chi connectivity index (χ4v) is 3.44. The van der Waals surface area contributed by atoms with Crippen LogP contribution in [0.1, 0.15) is 27.2 Å². The third-order valence-corrected chi connectivity index (χ3v) is 4.64. The minimum absolute atomic E-state index is 0.186. The van der Waals surface area contributed by atoms with E-state index in [0.717, 1.165) is 33.8 Å². The lowest BCUT2D eigenvalue weighted by atomic mass is 10.0. The van der Waals surface area contributed by atoms with Crippen molar-refractivity contribution < 1.29 is 9.53 Å². The number of amides is 1. The summed E-state index contributed by atoms with van der Waals surface area (Å²) in [5, 5.41) is 5.38. The van der Waals surface area contributed by atoms with Gasteiger partial charge in [-0.1, -0.05) is 0 Å². The van der Waals surface area contributed by atoms with Crippen molar-refractivity contribution in [2.45, 2.75) is 20.8 Å². The number of methoxy groups -OCH3 is 1. The maximum absolute atomic E-state index is 12.3. The first-order valence-corrected chi connectivity index (χ1v) is 8.71. The second-order valence-corrected chi connectivity index (χ2v) is 6.67. The predicted molar refractivity (Wildman–Crippen MR) is 101 cm³/mol. The van der Waals surface area contributed by atoms with Gasteiger partial charge >= 0.3 is 0 Å². The summed E-state index contributed by atoms with van der Waals surface area (Å²) >= 11 is 1.41. The van der Waals surface area contributed by atoms with Crippen LogP contribution in [0.2, 0.25) is 0 Å². The third kappa shape index (κ3) is 3.69. The van der Waals surface area contributed by atoms with Crippen molar-refractivity contribution >= 4 is 22.4 Å². The van der Waals surface area contributed by atoms with E-state index in [0.29, 0.717) is 10.7 Å². The highest BCUT2D eigenvalue weighted by Gasteiger charge is 2.14. The van der Waals surface area contributed by atoms with Gasteiger partial charge in [0.2, 0.25) is 0 Å². The van der Waals surface area contributed by atoms with E-state index in [4.69, 9.17) is 4.74 Å². The monoisotopic (exact) mass is 353 g/mol. The zero-order chi connectivity index (χ0) is 18.0. The topological polar surface area (TPSA) is 64.1 Å². The molecule has 0 saturated heterocycles. The smallest absolute Gasteiger partial charge is 0.257 e. The molecule has 0 spiro atoms. The second-order valence-electron chi connectivity index (χ2n) is 5.81. The normalized spacial score (nSPS) is 10.6. The van der Waals surface area contributed by atoms with Crippen LogP contribution in [0, 0.1) is 20.8 Å². The van der Waals surface area contributed by atoms with Crippen LogP contribution in [0.5, 0.6) is 5.75 Å². The molecule has 6 heteroatoms. The molecule has 128 valence electrons. The van der Waals surface area contributed by atoms with Crippen LogP contribution in [-0.4, -0.2) is 23.0 Å². The van der Waals surface area contributed by atoms with Gasteiger partial charge in [0.1, 0.15) is 5.75 Å². The molecule has 1 amide bonds. The summed E-state index contributed by atoms with van der Waals surface area (Å²) in [6, 6.07) is 7.41. The van der Waals surface area contributed by atoms with Crippen LogP contribution in [0.3, 0.4) is 0 Å². The number of aromatic nitrogens is 2. The Hall–Kier alpha value is -2.73. The Morgan fingerprint density at radius 2 is 1.88 bits per heavy atom. The molecule has 1 aromatic carbocycles. The molecule has 2 heterocycles. The molecule has 0 atom stereocenters. The van der Waals surface area contributed by atoms with Crippen LogP contribution in [0.4, 0.5) is 5.13 Å². The van der Waals surface area contributed by atoms with Gasteiger partial charge < -0.3 is 4.74 Å². The Bertz CT molecular complexity index is 911. The summed E-state index contributed by atoms with van der Waals surface area (Å²) in [4.78, 5) is 21.0. The molecule has 3 aromatic rings. The van der Waals surface area contributed by atoms with Crippen molar-refractivity contribution in [2.75, 3.05) is 12.4 Å². The Kier molecular flexibility index (Phi) is 4.81. The minimum Gasteiger partial charge on any atom is -0.497 e. The number of aryl methyl sites for hydroxylation is 3. The Labute approximate surface area is 150 Å². The molecule has 0 fully saturated rings. The number of carbonyl (C=O) groups excluding carboxylic acids is 1. The summed E-state index contributed by atoms with van der Waals surface area (Å²) in [5.74, 6) is 0.644. The van der Waals surface area contributed by atoms with Crippen molar-refractivity contribution in [3.05, 3.63) is 58.2 Å². The van der Waals surface area contributed by atoms with E-state index in [1.807, 2.05) is 38.3 Å². The highest BCUT2D eigenvalue weighted by molar-refractivity contribution is 7.14. The van der Waals surface area contributed by atoms with E-state index in [9.17, 15) is 4.79 Å². The minimum atomic E-state index is -0.186. The van der Waals surface area contributed by atoms with Gasteiger partial charge in [0.15, 0.2) is 5.13 Å². The molecule has 5 nitrogen and oxygen atoms in total. The van der Waals surface area contributed by atoms with E-state index in [1.54, 1.807) is 25.4 Å². The number of anilines is 1. The first-order valence-electron chi connectivity index (χ1n) is 7.83. The van der Waals surface area contributed by atoms with E-state index < -0.39 is 0 Å². The van der Waals surface area contributed by atoms with Crippen molar-refractivity contribution in [3.8, 4) is 17.0 Å². The van der Waals surface area contributed by atoms with Crippen molar-refractivity contribution in [3.63, 3.8) is 0 Å². The third-order valence-electron chi connectivity index (χ3n) is 3.88. The zero-order valence-electron chi connectivity index (χ0n) is 14.6. The number of nitrogens with zero attached hydrogens (tertiary/aromatic N) is 2. The van der Waals surface area contributed by atoms with E-state index in [-0.39, 0.29) is 5.91 Å². The van der Waals surface area contributed by atoms with Crippen LogP contribution in [-0.2, 0) is 0 Å². The number of benzene rings is 1. The lowest BCUT2D eigenvalue weighted by Gasteiger charge is -2.10. The van der Waals surface area contributed by atoms with Crippen LogP contribution in [0.15, 0.2) is 35.8 Å². The number of hydrogen-bond donors (Lipinski definition) is 1. The molecule has 0 aliphatic carbocycles. The Morgan fingerprint density at radius 1 is 1.16 bits per heavy atom. The standard InChI is InChI=1S/C19H19N3O2S/c1-11-7-15(24-4)8-12(2)17(11)16-10-25-19(21-16)22-18(23)14-5-6-20-13(3)9-14/h5-10H,1-4H3,(H,21,22,23). The van der Waals surface area contributed by atoms with Crippen molar-refractivity contribution in [1.29, 1.82) is 0 Å². The first kappa shape index (κ1) is 17.1. The molecule has 2 aromatic heterocycles. The first-order chi connectivity index (χ1) is 12.0. The summed E-state index contributed by atoms with van der Waals surface area (Å²) in [6.07, 6.45) is 1.63. The SMILES string of the molecule is COc1cc(C)c(-c2csc(NC(=O)c3ccnc(C)c3)n2)c(C)c1. The fourth-order valence-electron chi connectivity index (χ4n) is 2.75. The number of hydrogen-bond acceptors (Lipinski definition) is 5. The van der Waals surface area contributed by atoms with Gasteiger partial charge in [-0.25, -0.2) is 4.98 Å². The molecule has 0 aliphatic rings. The lowest BCUT2D eigenvalue weighted by Crippen LogP contribution is -2.12. The molecule has 0 aliphatic heterocycles. The van der Waals surface area contributed by atoms with Crippen LogP contribution < -0.4 is 10.1 Å². The molecule has 25 heavy (non-hydrogen) atoms. The van der Waals surface area contributed by atoms with Crippen molar-refractivity contribution in [2.24, 2.45) is 0 Å². The number of carbonyl (C=O) groups is 1. The Morgan fingerprint density at radius 3 is 2.52 bits per heavy atom. The van der Waals surface area contributed by atoms with Gasteiger partial charge in [0.25, 0.3) is 5.91 Å². The summed E-state index contributed by atoms with van der Waals surface area (Å²) in [5.41, 5.74) is 5.47. The molecule has 3 rings (SSSR count).